The fourth-order valence-corrected chi connectivity index (χ4v) is 1.43. The van der Waals surface area contributed by atoms with E-state index in [1.54, 1.807) is 12.2 Å². The van der Waals surface area contributed by atoms with Crippen LogP contribution >= 0.6 is 0 Å². The molecule has 0 fully saturated rings. The molecule has 0 aliphatic heterocycles. The first kappa shape index (κ1) is 10.5. The molecule has 1 aliphatic carbocycles. The largest absolute Gasteiger partial charge is 0.481 e. The molecule has 0 heterocycles. The van der Waals surface area contributed by atoms with Crippen molar-refractivity contribution in [1.29, 1.82) is 0 Å². The van der Waals surface area contributed by atoms with Crippen molar-refractivity contribution in [3.8, 4) is 0 Å². The van der Waals surface area contributed by atoms with Crippen LogP contribution in [0.4, 0.5) is 0 Å². The van der Waals surface area contributed by atoms with Gasteiger partial charge in [0.15, 0.2) is 0 Å². The number of hydrogen-bond donors (Lipinski definition) is 2. The van der Waals surface area contributed by atoms with Crippen molar-refractivity contribution < 1.29 is 19.8 Å². The van der Waals surface area contributed by atoms with Gasteiger partial charge in [0, 0.05) is 0 Å². The molecule has 0 spiro atoms. The second kappa shape index (κ2) is 2.97. The average Bonchev–Trinajstić information content (AvgIpc) is 2.09. The van der Waals surface area contributed by atoms with Crippen LogP contribution in [0.1, 0.15) is 13.8 Å². The van der Waals surface area contributed by atoms with E-state index < -0.39 is 22.8 Å². The first-order valence-electron chi connectivity index (χ1n) is 4.18. The van der Waals surface area contributed by atoms with Gasteiger partial charge < -0.3 is 10.2 Å². The summed E-state index contributed by atoms with van der Waals surface area (Å²) in [6.45, 7) is 2.81. The predicted molar refractivity (Wildman–Crippen MR) is 49.8 cm³/mol. The van der Waals surface area contributed by atoms with Gasteiger partial charge in [-0.05, 0) is 13.8 Å². The summed E-state index contributed by atoms with van der Waals surface area (Å²) in [6.07, 6.45) is 5.92. The molecule has 1 aliphatic rings. The molecular weight excluding hydrogens is 184 g/mol. The van der Waals surface area contributed by atoms with Crippen LogP contribution in [0.2, 0.25) is 0 Å². The van der Waals surface area contributed by atoms with Gasteiger partial charge in [0.05, 0.1) is 0 Å². The monoisotopic (exact) mass is 196 g/mol. The lowest BCUT2D eigenvalue weighted by atomic mass is 9.63. The van der Waals surface area contributed by atoms with Gasteiger partial charge in [-0.3, -0.25) is 9.59 Å². The summed E-state index contributed by atoms with van der Waals surface area (Å²) >= 11 is 0. The number of hydrogen-bond acceptors (Lipinski definition) is 2. The van der Waals surface area contributed by atoms with Crippen molar-refractivity contribution in [2.45, 2.75) is 13.8 Å². The van der Waals surface area contributed by atoms with Crippen molar-refractivity contribution in [2.75, 3.05) is 0 Å². The maximum atomic E-state index is 11.0. The Hall–Kier alpha value is -1.58. The lowest BCUT2D eigenvalue weighted by Gasteiger charge is -2.37. The zero-order valence-electron chi connectivity index (χ0n) is 8.02. The topological polar surface area (TPSA) is 74.6 Å². The molecule has 4 nitrogen and oxygen atoms in total. The molecule has 0 aromatic rings. The molecule has 0 saturated heterocycles. The first-order chi connectivity index (χ1) is 6.34. The summed E-state index contributed by atoms with van der Waals surface area (Å²) in [4.78, 5) is 22.1. The highest BCUT2D eigenvalue weighted by Gasteiger charge is 2.53. The Bertz CT molecular complexity index is 308. The molecule has 1 rings (SSSR count). The fraction of sp³-hybridized carbons (Fsp3) is 0.400. The maximum Gasteiger partial charge on any atom is 0.314 e. The zero-order valence-corrected chi connectivity index (χ0v) is 8.02. The molecule has 0 bridgehead atoms. The molecule has 2 atom stereocenters. The predicted octanol–water partition coefficient (Wildman–Crippen LogP) is 1.29. The van der Waals surface area contributed by atoms with E-state index in [1.165, 1.54) is 26.0 Å². The second-order valence-corrected chi connectivity index (χ2v) is 3.73. The van der Waals surface area contributed by atoms with Gasteiger partial charge in [0.1, 0.15) is 10.8 Å². The third kappa shape index (κ3) is 1.14. The molecule has 14 heavy (non-hydrogen) atoms. The summed E-state index contributed by atoms with van der Waals surface area (Å²) in [6, 6.07) is 0. The highest BCUT2D eigenvalue weighted by atomic mass is 16.4. The molecular formula is C10H12O4. The molecule has 2 N–H and O–H groups in total. The van der Waals surface area contributed by atoms with Crippen molar-refractivity contribution in [1.82, 2.24) is 0 Å². The minimum atomic E-state index is -1.40. The van der Waals surface area contributed by atoms with Crippen molar-refractivity contribution >= 4 is 11.9 Å². The van der Waals surface area contributed by atoms with E-state index in [9.17, 15) is 9.59 Å². The number of carboxylic acids is 2. The van der Waals surface area contributed by atoms with Gasteiger partial charge in [-0.25, -0.2) is 0 Å². The second-order valence-electron chi connectivity index (χ2n) is 3.73. The van der Waals surface area contributed by atoms with E-state index in [4.69, 9.17) is 10.2 Å². The fourth-order valence-electron chi connectivity index (χ4n) is 1.43. The minimum absolute atomic E-state index is 1.14. The van der Waals surface area contributed by atoms with Crippen molar-refractivity contribution in [2.24, 2.45) is 10.8 Å². The number of carboxylic acid groups (broad SMARTS) is 2. The van der Waals surface area contributed by atoms with Crippen LogP contribution in [0.15, 0.2) is 24.3 Å². The average molecular weight is 196 g/mol. The third-order valence-corrected chi connectivity index (χ3v) is 2.94. The Labute approximate surface area is 81.6 Å². The lowest BCUT2D eigenvalue weighted by Crippen LogP contribution is -2.47. The van der Waals surface area contributed by atoms with Gasteiger partial charge in [0.2, 0.25) is 0 Å². The molecule has 0 saturated carbocycles. The van der Waals surface area contributed by atoms with E-state index >= 15 is 0 Å². The summed E-state index contributed by atoms with van der Waals surface area (Å²) in [5, 5.41) is 18.1. The summed E-state index contributed by atoms with van der Waals surface area (Å²) in [5.74, 6) is -2.27. The van der Waals surface area contributed by atoms with Gasteiger partial charge >= 0.3 is 11.9 Å². The quantitative estimate of drug-likeness (QED) is 0.697. The molecule has 0 aromatic carbocycles. The number of carbonyl (C=O) groups is 2. The number of aliphatic carboxylic acids is 2. The molecule has 0 amide bonds. The molecule has 76 valence electrons. The van der Waals surface area contributed by atoms with E-state index in [-0.39, 0.29) is 0 Å². The normalized spacial score (nSPS) is 35.6. The minimum Gasteiger partial charge on any atom is -0.481 e. The summed E-state index contributed by atoms with van der Waals surface area (Å²) in [7, 11) is 0. The summed E-state index contributed by atoms with van der Waals surface area (Å²) < 4.78 is 0. The smallest absolute Gasteiger partial charge is 0.314 e. The van der Waals surface area contributed by atoms with E-state index in [2.05, 4.69) is 0 Å². The van der Waals surface area contributed by atoms with E-state index in [0.29, 0.717) is 0 Å². The van der Waals surface area contributed by atoms with Crippen molar-refractivity contribution in [3.05, 3.63) is 24.3 Å². The van der Waals surface area contributed by atoms with Crippen LogP contribution in [0.3, 0.4) is 0 Å². The van der Waals surface area contributed by atoms with Gasteiger partial charge in [-0.15, -0.1) is 0 Å². The van der Waals surface area contributed by atoms with E-state index in [0.717, 1.165) is 0 Å². The Kier molecular flexibility index (Phi) is 2.23. The van der Waals surface area contributed by atoms with Gasteiger partial charge in [-0.1, -0.05) is 24.3 Å². The van der Waals surface area contributed by atoms with Gasteiger partial charge in [0.25, 0.3) is 0 Å². The lowest BCUT2D eigenvalue weighted by molar-refractivity contribution is -0.162. The number of allylic oxidation sites excluding steroid dienone is 2. The Morgan fingerprint density at radius 1 is 0.929 bits per heavy atom. The van der Waals surface area contributed by atoms with E-state index in [1.807, 2.05) is 0 Å². The Morgan fingerprint density at radius 3 is 1.43 bits per heavy atom. The molecule has 4 heteroatoms. The first-order valence-corrected chi connectivity index (χ1v) is 4.18. The molecule has 0 radical (unpaired) electrons. The Morgan fingerprint density at radius 2 is 1.21 bits per heavy atom. The number of rotatable bonds is 2. The summed E-state index contributed by atoms with van der Waals surface area (Å²) in [5.41, 5.74) is -2.79. The van der Waals surface area contributed by atoms with Crippen molar-refractivity contribution in [3.63, 3.8) is 0 Å². The van der Waals surface area contributed by atoms with Crippen LogP contribution in [-0.2, 0) is 9.59 Å². The zero-order chi connectivity index (χ0) is 11.0. The third-order valence-electron chi connectivity index (χ3n) is 2.94. The van der Waals surface area contributed by atoms with Crippen LogP contribution in [0, 0.1) is 10.8 Å². The van der Waals surface area contributed by atoms with Crippen LogP contribution < -0.4 is 0 Å². The van der Waals surface area contributed by atoms with Crippen LogP contribution in [0.5, 0.6) is 0 Å². The van der Waals surface area contributed by atoms with Crippen LogP contribution in [0.25, 0.3) is 0 Å². The highest BCUT2D eigenvalue weighted by Crippen LogP contribution is 2.44. The maximum absolute atomic E-state index is 11.0. The molecule has 0 aromatic heterocycles. The SMILES string of the molecule is C[C@]1(C(=O)O)C=CC=C[C@]1(C)C(=O)O. The standard InChI is InChI=1S/C10H12O4/c1-9(7(11)12)5-3-4-6-10(9,2)8(13)14/h3-6H,1-2H3,(H,11,12)(H,13,14)/t9-,10-/m1/s1. The molecule has 0 unspecified atom stereocenters. The van der Waals surface area contributed by atoms with Crippen LogP contribution in [-0.4, -0.2) is 22.2 Å². The Balaban J connectivity index is 3.30. The van der Waals surface area contributed by atoms with Gasteiger partial charge in [-0.2, -0.15) is 0 Å². The highest BCUT2D eigenvalue weighted by molar-refractivity contribution is 5.90.